The monoisotopic (exact) mass is 323 g/mol. The normalized spacial score (nSPS) is 24.3. The Hall–Kier alpha value is -1.63. The standard InChI is InChI=1S/C17H25NO5/c1-3-9-18(13-10-22-11-14(19)16(13)20)17(21)12-7-5-6-8-15(12)23-4-2/h5-8,13-14,16,19-20H,3-4,9-11H2,1-2H3/t13-,14-,16+/m1/s1. The maximum Gasteiger partial charge on any atom is 0.258 e. The number of carbonyl (C=O) groups excluding carboxylic acids is 1. The summed E-state index contributed by atoms with van der Waals surface area (Å²) in [5.74, 6) is 0.297. The van der Waals surface area contributed by atoms with Crippen LogP contribution in [0.1, 0.15) is 30.6 Å². The van der Waals surface area contributed by atoms with E-state index in [1.54, 1.807) is 23.1 Å². The summed E-state index contributed by atoms with van der Waals surface area (Å²) in [5.41, 5.74) is 0.454. The van der Waals surface area contributed by atoms with Crippen molar-refractivity contribution in [3.05, 3.63) is 29.8 Å². The number of aliphatic hydroxyl groups is 2. The Morgan fingerprint density at radius 2 is 2.04 bits per heavy atom. The maximum atomic E-state index is 13.0. The van der Waals surface area contributed by atoms with E-state index in [0.717, 1.165) is 6.42 Å². The fraction of sp³-hybridized carbons (Fsp3) is 0.588. The van der Waals surface area contributed by atoms with Gasteiger partial charge in [-0.25, -0.2) is 0 Å². The number of rotatable bonds is 6. The summed E-state index contributed by atoms with van der Waals surface area (Å²) in [6, 6.07) is 6.49. The van der Waals surface area contributed by atoms with Crippen molar-refractivity contribution in [2.24, 2.45) is 0 Å². The Bertz CT molecular complexity index is 521. The third kappa shape index (κ3) is 4.02. The van der Waals surface area contributed by atoms with Crippen molar-refractivity contribution in [1.82, 2.24) is 4.90 Å². The molecule has 2 N–H and O–H groups in total. The van der Waals surface area contributed by atoms with Crippen LogP contribution in [0.5, 0.6) is 5.75 Å². The molecule has 0 aliphatic carbocycles. The first-order valence-electron chi connectivity index (χ1n) is 8.06. The predicted octanol–water partition coefficient (Wildman–Crippen LogP) is 1.06. The molecule has 3 atom stereocenters. The Morgan fingerprint density at radius 1 is 1.30 bits per heavy atom. The number of para-hydroxylation sites is 1. The smallest absolute Gasteiger partial charge is 0.258 e. The van der Waals surface area contributed by atoms with Gasteiger partial charge < -0.3 is 24.6 Å². The minimum atomic E-state index is -1.02. The molecule has 1 aliphatic rings. The molecule has 1 aromatic carbocycles. The molecule has 1 fully saturated rings. The molecular weight excluding hydrogens is 298 g/mol. The fourth-order valence-corrected chi connectivity index (χ4v) is 2.78. The van der Waals surface area contributed by atoms with Gasteiger partial charge in [-0.05, 0) is 25.5 Å². The van der Waals surface area contributed by atoms with Gasteiger partial charge in [0.2, 0.25) is 0 Å². The van der Waals surface area contributed by atoms with Gasteiger partial charge in [-0.1, -0.05) is 19.1 Å². The van der Waals surface area contributed by atoms with Crippen LogP contribution in [0, 0.1) is 0 Å². The molecule has 23 heavy (non-hydrogen) atoms. The summed E-state index contributed by atoms with van der Waals surface area (Å²) in [7, 11) is 0. The number of benzene rings is 1. The molecule has 6 heteroatoms. The summed E-state index contributed by atoms with van der Waals surface area (Å²) in [6.45, 7) is 5.05. The van der Waals surface area contributed by atoms with E-state index >= 15 is 0 Å². The van der Waals surface area contributed by atoms with E-state index in [4.69, 9.17) is 9.47 Å². The first-order valence-corrected chi connectivity index (χ1v) is 8.06. The second-order valence-electron chi connectivity index (χ2n) is 5.59. The zero-order valence-electron chi connectivity index (χ0n) is 13.6. The SMILES string of the molecule is CCCN(C(=O)c1ccccc1OCC)[C@@H]1COC[C@@H](O)[C@H]1O. The molecule has 2 rings (SSSR count). The average molecular weight is 323 g/mol. The topological polar surface area (TPSA) is 79.2 Å². The van der Waals surface area contributed by atoms with Gasteiger partial charge in [0.05, 0.1) is 31.4 Å². The summed E-state index contributed by atoms with van der Waals surface area (Å²) in [6.07, 6.45) is -1.26. The zero-order valence-corrected chi connectivity index (χ0v) is 13.6. The number of hydrogen-bond acceptors (Lipinski definition) is 5. The van der Waals surface area contributed by atoms with Crippen LogP contribution in [0.3, 0.4) is 0 Å². The summed E-state index contributed by atoms with van der Waals surface area (Å²) < 4.78 is 10.9. The van der Waals surface area contributed by atoms with E-state index in [-0.39, 0.29) is 19.1 Å². The highest BCUT2D eigenvalue weighted by Gasteiger charge is 2.38. The molecular formula is C17H25NO5. The van der Waals surface area contributed by atoms with E-state index in [0.29, 0.717) is 24.5 Å². The molecule has 6 nitrogen and oxygen atoms in total. The highest BCUT2D eigenvalue weighted by atomic mass is 16.5. The van der Waals surface area contributed by atoms with Crippen LogP contribution in [0.25, 0.3) is 0 Å². The number of nitrogens with zero attached hydrogens (tertiary/aromatic N) is 1. The van der Waals surface area contributed by atoms with Crippen molar-refractivity contribution in [2.75, 3.05) is 26.4 Å². The lowest BCUT2D eigenvalue weighted by Crippen LogP contribution is -2.57. The Labute approximate surface area is 136 Å². The molecule has 1 aliphatic heterocycles. The van der Waals surface area contributed by atoms with E-state index in [1.165, 1.54) is 0 Å². The van der Waals surface area contributed by atoms with Crippen LogP contribution in [-0.4, -0.2) is 65.6 Å². The molecule has 0 radical (unpaired) electrons. The molecule has 1 saturated heterocycles. The van der Waals surface area contributed by atoms with Crippen LogP contribution < -0.4 is 4.74 Å². The molecule has 0 aromatic heterocycles. The lowest BCUT2D eigenvalue weighted by Gasteiger charge is -2.39. The molecule has 0 spiro atoms. The van der Waals surface area contributed by atoms with Crippen LogP contribution >= 0.6 is 0 Å². The Kier molecular flexibility index (Phi) is 6.38. The van der Waals surface area contributed by atoms with Gasteiger partial charge in [-0.2, -0.15) is 0 Å². The first-order chi connectivity index (χ1) is 11.1. The van der Waals surface area contributed by atoms with Gasteiger partial charge >= 0.3 is 0 Å². The summed E-state index contributed by atoms with van der Waals surface area (Å²) in [5, 5.41) is 20.1. The van der Waals surface area contributed by atoms with E-state index in [2.05, 4.69) is 0 Å². The number of hydrogen-bond donors (Lipinski definition) is 2. The van der Waals surface area contributed by atoms with Gasteiger partial charge in [-0.3, -0.25) is 4.79 Å². The van der Waals surface area contributed by atoms with Crippen molar-refractivity contribution in [3.63, 3.8) is 0 Å². The van der Waals surface area contributed by atoms with Crippen LogP contribution in [0.15, 0.2) is 24.3 Å². The third-order valence-electron chi connectivity index (χ3n) is 3.91. The molecule has 1 heterocycles. The number of amides is 1. The second kappa shape index (κ2) is 8.29. The summed E-state index contributed by atoms with van der Waals surface area (Å²) in [4.78, 5) is 14.6. The quantitative estimate of drug-likeness (QED) is 0.818. The third-order valence-corrected chi connectivity index (χ3v) is 3.91. The Morgan fingerprint density at radius 3 is 2.74 bits per heavy atom. The molecule has 0 unspecified atom stereocenters. The van der Waals surface area contributed by atoms with Crippen LogP contribution in [-0.2, 0) is 4.74 Å². The van der Waals surface area contributed by atoms with Crippen molar-refractivity contribution in [3.8, 4) is 5.75 Å². The number of ether oxygens (including phenoxy) is 2. The lowest BCUT2D eigenvalue weighted by atomic mass is 10.0. The van der Waals surface area contributed by atoms with Crippen molar-refractivity contribution < 1.29 is 24.5 Å². The molecule has 1 amide bonds. The molecule has 128 valence electrons. The minimum absolute atomic E-state index is 0.0847. The van der Waals surface area contributed by atoms with Crippen molar-refractivity contribution >= 4 is 5.91 Å². The minimum Gasteiger partial charge on any atom is -0.493 e. The molecule has 1 aromatic rings. The van der Waals surface area contributed by atoms with Gasteiger partial charge in [0.15, 0.2) is 0 Å². The number of aliphatic hydroxyl groups excluding tert-OH is 2. The van der Waals surface area contributed by atoms with Crippen molar-refractivity contribution in [1.29, 1.82) is 0 Å². The maximum absolute atomic E-state index is 13.0. The predicted molar refractivity (Wildman–Crippen MR) is 85.6 cm³/mol. The van der Waals surface area contributed by atoms with Crippen molar-refractivity contribution in [2.45, 2.75) is 38.5 Å². The largest absolute Gasteiger partial charge is 0.493 e. The van der Waals surface area contributed by atoms with E-state index in [9.17, 15) is 15.0 Å². The van der Waals surface area contributed by atoms with E-state index in [1.807, 2.05) is 19.9 Å². The van der Waals surface area contributed by atoms with Crippen LogP contribution in [0.2, 0.25) is 0 Å². The fourth-order valence-electron chi connectivity index (χ4n) is 2.78. The van der Waals surface area contributed by atoms with Gasteiger partial charge in [-0.15, -0.1) is 0 Å². The first kappa shape index (κ1) is 17.7. The Balaban J connectivity index is 2.28. The average Bonchev–Trinajstić information content (AvgIpc) is 2.56. The zero-order chi connectivity index (χ0) is 16.8. The molecule has 0 bridgehead atoms. The second-order valence-corrected chi connectivity index (χ2v) is 5.59. The van der Waals surface area contributed by atoms with Gasteiger partial charge in [0.1, 0.15) is 18.0 Å². The molecule has 0 saturated carbocycles. The summed E-state index contributed by atoms with van der Waals surface area (Å²) >= 11 is 0. The van der Waals surface area contributed by atoms with Crippen LogP contribution in [0.4, 0.5) is 0 Å². The number of carbonyl (C=O) groups is 1. The van der Waals surface area contributed by atoms with Gasteiger partial charge in [0, 0.05) is 6.54 Å². The van der Waals surface area contributed by atoms with E-state index < -0.39 is 18.2 Å². The highest BCUT2D eigenvalue weighted by molar-refractivity contribution is 5.97. The lowest BCUT2D eigenvalue weighted by molar-refractivity contribution is -0.125. The van der Waals surface area contributed by atoms with Gasteiger partial charge in [0.25, 0.3) is 5.91 Å². The highest BCUT2D eigenvalue weighted by Crippen LogP contribution is 2.24.